The third-order valence-electron chi connectivity index (χ3n) is 6.09. The van der Waals surface area contributed by atoms with E-state index in [1.807, 2.05) is 19.1 Å². The quantitative estimate of drug-likeness (QED) is 0.591. The highest BCUT2D eigenvalue weighted by molar-refractivity contribution is 6.10. The van der Waals surface area contributed by atoms with Crippen molar-refractivity contribution in [2.45, 2.75) is 32.2 Å². The number of carbonyl (C=O) groups excluding carboxylic acids is 1. The van der Waals surface area contributed by atoms with Crippen molar-refractivity contribution in [3.63, 3.8) is 0 Å². The predicted octanol–water partition coefficient (Wildman–Crippen LogP) is 3.06. The summed E-state index contributed by atoms with van der Waals surface area (Å²) in [6, 6.07) is 6.24. The molecular formula is C24H29N5O2. The predicted molar refractivity (Wildman–Crippen MR) is 123 cm³/mol. The molecule has 0 amide bonds. The third kappa shape index (κ3) is 4.51. The molecule has 1 aliphatic heterocycles. The van der Waals surface area contributed by atoms with Gasteiger partial charge >= 0.3 is 5.97 Å². The van der Waals surface area contributed by atoms with Crippen LogP contribution in [-0.2, 0) is 9.53 Å². The van der Waals surface area contributed by atoms with E-state index in [1.165, 1.54) is 12.7 Å². The number of esters is 1. The van der Waals surface area contributed by atoms with Crippen LogP contribution in [0, 0.1) is 5.92 Å². The highest BCUT2D eigenvalue weighted by Gasteiger charge is 2.34. The number of hydrogen-bond donors (Lipinski definition) is 1. The highest BCUT2D eigenvalue weighted by atomic mass is 16.5. The summed E-state index contributed by atoms with van der Waals surface area (Å²) < 4.78 is 4.79. The molecule has 0 saturated heterocycles. The molecule has 1 fully saturated rings. The maximum Gasteiger partial charge on any atom is 0.308 e. The van der Waals surface area contributed by atoms with Crippen molar-refractivity contribution >= 4 is 34.4 Å². The molecule has 2 N–H and O–H groups in total. The van der Waals surface area contributed by atoms with E-state index in [1.54, 1.807) is 12.4 Å². The van der Waals surface area contributed by atoms with Crippen molar-refractivity contribution in [3.05, 3.63) is 47.4 Å². The zero-order chi connectivity index (χ0) is 22.0. The van der Waals surface area contributed by atoms with Crippen molar-refractivity contribution in [1.82, 2.24) is 14.9 Å². The number of aromatic nitrogens is 2. The fourth-order valence-corrected chi connectivity index (χ4v) is 4.06. The number of benzene rings is 1. The lowest BCUT2D eigenvalue weighted by Crippen LogP contribution is -2.34. The Kier molecular flexibility index (Phi) is 6.13. The number of para-hydroxylation sites is 1. The molecule has 162 valence electrons. The molecule has 1 saturated carbocycles. The average molecular weight is 420 g/mol. The van der Waals surface area contributed by atoms with Gasteiger partial charge in [0.15, 0.2) is 0 Å². The van der Waals surface area contributed by atoms with E-state index in [9.17, 15) is 4.79 Å². The number of nitrogens with zero attached hydrogens (tertiary/aromatic N) is 4. The van der Waals surface area contributed by atoms with Crippen LogP contribution in [0.15, 0.2) is 41.2 Å². The highest BCUT2D eigenvalue weighted by Crippen LogP contribution is 2.32. The van der Waals surface area contributed by atoms with Crippen LogP contribution >= 0.6 is 0 Å². The lowest BCUT2D eigenvalue weighted by Gasteiger charge is -2.30. The monoisotopic (exact) mass is 419 g/mol. The molecule has 1 aromatic carbocycles. The second-order valence-electron chi connectivity index (χ2n) is 8.39. The van der Waals surface area contributed by atoms with Gasteiger partial charge in [0.1, 0.15) is 0 Å². The Balaban J connectivity index is 1.57. The van der Waals surface area contributed by atoms with Gasteiger partial charge in [0.2, 0.25) is 0 Å². The number of allylic oxidation sites excluding steroid dienone is 2. The lowest BCUT2D eigenvalue weighted by atomic mass is 9.81. The minimum Gasteiger partial charge on any atom is -0.469 e. The number of likely N-dealkylation sites (N-methyl/N-ethyl adjacent to an activating group) is 1. The van der Waals surface area contributed by atoms with Gasteiger partial charge in [-0.05, 0) is 44.9 Å². The van der Waals surface area contributed by atoms with Crippen molar-refractivity contribution in [2.24, 2.45) is 16.6 Å². The summed E-state index contributed by atoms with van der Waals surface area (Å²) in [6.07, 6.45) is 8.24. The molecule has 0 atom stereocenters. The van der Waals surface area contributed by atoms with Gasteiger partial charge in [-0.25, -0.2) is 4.98 Å². The van der Waals surface area contributed by atoms with Gasteiger partial charge in [0.05, 0.1) is 42.0 Å². The maximum absolute atomic E-state index is 11.6. The van der Waals surface area contributed by atoms with Crippen LogP contribution in [0.1, 0.15) is 37.4 Å². The van der Waals surface area contributed by atoms with Crippen molar-refractivity contribution < 1.29 is 9.53 Å². The molecular weight excluding hydrogens is 390 g/mol. The largest absolute Gasteiger partial charge is 0.469 e. The second-order valence-corrected chi connectivity index (χ2v) is 8.39. The molecule has 2 heterocycles. The Morgan fingerprint density at radius 2 is 2.16 bits per heavy atom. The van der Waals surface area contributed by atoms with Crippen LogP contribution in [0.2, 0.25) is 0 Å². The van der Waals surface area contributed by atoms with Crippen LogP contribution in [0.3, 0.4) is 0 Å². The Bertz CT molecular complexity index is 1080. The maximum atomic E-state index is 11.6. The molecule has 2 aliphatic rings. The van der Waals surface area contributed by atoms with E-state index in [0.717, 1.165) is 41.7 Å². The first-order chi connectivity index (χ1) is 15.0. The molecule has 0 spiro atoms. The average Bonchev–Trinajstić information content (AvgIpc) is 2.74. The van der Waals surface area contributed by atoms with Gasteiger partial charge in [-0.3, -0.25) is 14.8 Å². The summed E-state index contributed by atoms with van der Waals surface area (Å²) in [5, 5.41) is 0. The number of hydrogen-bond acceptors (Lipinski definition) is 7. The number of rotatable bonds is 5. The van der Waals surface area contributed by atoms with E-state index in [4.69, 9.17) is 20.4 Å². The van der Waals surface area contributed by atoms with E-state index < -0.39 is 0 Å². The first kappa shape index (κ1) is 21.2. The molecule has 2 aromatic rings. The third-order valence-corrected chi connectivity index (χ3v) is 6.09. The summed E-state index contributed by atoms with van der Waals surface area (Å²) in [5.74, 6) is -0.209. The molecule has 4 rings (SSSR count). The molecule has 7 heteroatoms. The van der Waals surface area contributed by atoms with Crippen LogP contribution in [0.4, 0.5) is 0 Å². The summed E-state index contributed by atoms with van der Waals surface area (Å²) in [5.41, 5.74) is 12.5. The van der Waals surface area contributed by atoms with Crippen LogP contribution in [0.5, 0.6) is 0 Å². The van der Waals surface area contributed by atoms with Crippen molar-refractivity contribution in [1.29, 1.82) is 0 Å². The molecule has 1 aromatic heterocycles. The number of fused-ring (bicyclic) bond motifs is 1. The number of carbonyl (C=O) groups is 1. The zero-order valence-electron chi connectivity index (χ0n) is 18.3. The summed E-state index contributed by atoms with van der Waals surface area (Å²) in [6.45, 7) is 3.83. The van der Waals surface area contributed by atoms with E-state index in [2.05, 4.69) is 29.1 Å². The van der Waals surface area contributed by atoms with E-state index >= 15 is 0 Å². The molecule has 0 radical (unpaired) electrons. The van der Waals surface area contributed by atoms with E-state index in [0.29, 0.717) is 24.2 Å². The number of aliphatic imine (C=N–C) groups is 1. The molecule has 31 heavy (non-hydrogen) atoms. The zero-order valence-corrected chi connectivity index (χ0v) is 18.3. The minimum absolute atomic E-state index is 0.0497. The molecule has 1 aliphatic carbocycles. The summed E-state index contributed by atoms with van der Waals surface area (Å²) >= 11 is 0. The van der Waals surface area contributed by atoms with Crippen molar-refractivity contribution in [3.8, 4) is 0 Å². The van der Waals surface area contributed by atoms with Gasteiger partial charge in [0, 0.05) is 36.1 Å². The van der Waals surface area contributed by atoms with Crippen LogP contribution in [-0.4, -0.2) is 60.3 Å². The summed E-state index contributed by atoms with van der Waals surface area (Å²) in [4.78, 5) is 28.1. The van der Waals surface area contributed by atoms with Gasteiger partial charge < -0.3 is 15.4 Å². The fraction of sp³-hybridized carbons (Fsp3) is 0.417. The SMILES string of the molecule is COC(=O)C1CC(N=CC(=C(C)N)c2cnc3c(C4=CCN(C)CC4)cccc3n2)C1. The smallest absolute Gasteiger partial charge is 0.308 e. The standard InChI is InChI=1S/C24H29N5O2/c1-15(25)20(13-26-18-11-17(12-18)24(30)31-3)22-14-27-23-19(5-4-6-21(23)28-22)16-7-9-29(2)10-8-16/h4-7,13-14,17-18H,8-12,25H2,1-3H3. The van der Waals surface area contributed by atoms with Gasteiger partial charge in [-0.15, -0.1) is 0 Å². The van der Waals surface area contributed by atoms with Gasteiger partial charge in [-0.2, -0.15) is 0 Å². The molecule has 7 nitrogen and oxygen atoms in total. The fourth-order valence-electron chi connectivity index (χ4n) is 4.06. The first-order valence-corrected chi connectivity index (χ1v) is 10.7. The number of methoxy groups -OCH3 is 1. The Morgan fingerprint density at radius 3 is 2.84 bits per heavy atom. The topological polar surface area (TPSA) is 93.7 Å². The summed E-state index contributed by atoms with van der Waals surface area (Å²) in [7, 11) is 3.55. The number of ether oxygens (including phenoxy) is 1. The molecule has 0 bridgehead atoms. The Morgan fingerprint density at radius 1 is 1.35 bits per heavy atom. The lowest BCUT2D eigenvalue weighted by molar-refractivity contribution is -0.148. The van der Waals surface area contributed by atoms with Crippen LogP contribution in [0.25, 0.3) is 22.2 Å². The Labute approximate surface area is 182 Å². The molecule has 0 unspecified atom stereocenters. The van der Waals surface area contributed by atoms with Crippen molar-refractivity contribution in [2.75, 3.05) is 27.2 Å². The number of nitrogens with two attached hydrogens (primary N) is 1. The Hall–Kier alpha value is -3.06. The van der Waals surface area contributed by atoms with E-state index in [-0.39, 0.29) is 17.9 Å². The van der Waals surface area contributed by atoms with Gasteiger partial charge in [-0.1, -0.05) is 18.2 Å². The minimum atomic E-state index is -0.159. The van der Waals surface area contributed by atoms with Gasteiger partial charge in [0.25, 0.3) is 0 Å². The normalized spacial score (nSPS) is 22.7. The first-order valence-electron chi connectivity index (χ1n) is 10.7. The van der Waals surface area contributed by atoms with Crippen LogP contribution < -0.4 is 5.73 Å². The second kappa shape index (κ2) is 8.98.